The minimum atomic E-state index is -0.498. The minimum absolute atomic E-state index is 0.0198. The van der Waals surface area contributed by atoms with E-state index in [-0.39, 0.29) is 36.4 Å². The number of rotatable bonds is 5. The Morgan fingerprint density at radius 2 is 1.67 bits per heavy atom. The first-order valence-electron chi connectivity index (χ1n) is 11.8. The average Bonchev–Trinajstić information content (AvgIpc) is 3.55. The van der Waals surface area contributed by atoms with Crippen LogP contribution in [-0.4, -0.2) is 41.2 Å². The fourth-order valence-corrected chi connectivity index (χ4v) is 4.92. The maximum atomic E-state index is 13.3. The van der Waals surface area contributed by atoms with Gasteiger partial charge in [0.15, 0.2) is 11.5 Å². The van der Waals surface area contributed by atoms with E-state index in [1.54, 1.807) is 23.4 Å². The van der Waals surface area contributed by atoms with Crippen molar-refractivity contribution in [2.45, 2.75) is 57.5 Å². The highest BCUT2D eigenvalue weighted by molar-refractivity contribution is 5.99. The summed E-state index contributed by atoms with van der Waals surface area (Å²) in [5, 5.41) is 2.84. The number of hydrogen-bond donors (Lipinski definition) is 1. The van der Waals surface area contributed by atoms with E-state index in [1.165, 1.54) is 6.42 Å². The number of fused-ring (bicyclic) bond motifs is 1. The summed E-state index contributed by atoms with van der Waals surface area (Å²) in [5.74, 6) is 0.568. The SMILES string of the molecule is O=C(NCc1ccc2c(c1)OCO2)c1cn(C2CCCCC2)cc(C(=O)N2CCCC2)c1=O. The van der Waals surface area contributed by atoms with Crippen molar-refractivity contribution in [1.29, 1.82) is 0 Å². The number of carbonyl (C=O) groups excluding carboxylic acids is 2. The molecule has 174 valence electrons. The Morgan fingerprint density at radius 3 is 2.45 bits per heavy atom. The van der Waals surface area contributed by atoms with Crippen molar-refractivity contribution in [1.82, 2.24) is 14.8 Å². The summed E-state index contributed by atoms with van der Waals surface area (Å²) >= 11 is 0. The number of hydrogen-bond acceptors (Lipinski definition) is 5. The molecule has 1 N–H and O–H groups in total. The third kappa shape index (κ3) is 4.47. The van der Waals surface area contributed by atoms with Crippen LogP contribution in [0.1, 0.15) is 77.3 Å². The molecule has 1 saturated heterocycles. The highest BCUT2D eigenvalue weighted by atomic mass is 16.7. The number of nitrogens with zero attached hydrogens (tertiary/aromatic N) is 2. The van der Waals surface area contributed by atoms with Gasteiger partial charge in [-0.05, 0) is 43.4 Å². The number of benzene rings is 1. The lowest BCUT2D eigenvalue weighted by molar-refractivity contribution is 0.0790. The standard InChI is InChI=1S/C25H29N3O5/c29-23-19(24(30)26-13-17-8-9-21-22(12-17)33-16-32-21)14-28(18-6-2-1-3-7-18)15-20(23)25(31)27-10-4-5-11-27/h8-9,12,14-15,18H,1-7,10-11,13,16H2,(H,26,30). The summed E-state index contributed by atoms with van der Waals surface area (Å²) in [6.45, 7) is 1.73. The van der Waals surface area contributed by atoms with Crippen LogP contribution in [0.5, 0.6) is 11.5 Å². The van der Waals surface area contributed by atoms with Crippen molar-refractivity contribution in [3.05, 3.63) is 57.5 Å². The summed E-state index contributed by atoms with van der Waals surface area (Å²) in [6, 6.07) is 5.66. The van der Waals surface area contributed by atoms with Crippen LogP contribution in [0.15, 0.2) is 35.4 Å². The molecule has 0 bridgehead atoms. The van der Waals surface area contributed by atoms with Gasteiger partial charge in [-0.25, -0.2) is 0 Å². The molecule has 8 heteroatoms. The Morgan fingerprint density at radius 1 is 0.939 bits per heavy atom. The minimum Gasteiger partial charge on any atom is -0.454 e. The lowest BCUT2D eigenvalue weighted by Gasteiger charge is -2.26. The predicted octanol–water partition coefficient (Wildman–Crippen LogP) is 3.25. The number of pyridine rings is 1. The molecule has 0 unspecified atom stereocenters. The molecule has 1 aliphatic carbocycles. The van der Waals surface area contributed by atoms with E-state index >= 15 is 0 Å². The molecule has 1 aromatic heterocycles. The summed E-state index contributed by atoms with van der Waals surface area (Å²) in [5.41, 5.74) is 0.455. The summed E-state index contributed by atoms with van der Waals surface area (Å²) in [7, 11) is 0. The summed E-state index contributed by atoms with van der Waals surface area (Å²) in [4.78, 5) is 41.2. The number of likely N-dealkylation sites (tertiary alicyclic amines) is 1. The van der Waals surface area contributed by atoms with Gasteiger partial charge < -0.3 is 24.3 Å². The van der Waals surface area contributed by atoms with Crippen molar-refractivity contribution in [3.8, 4) is 11.5 Å². The molecule has 33 heavy (non-hydrogen) atoms. The van der Waals surface area contributed by atoms with Crippen molar-refractivity contribution in [2.75, 3.05) is 19.9 Å². The Kier molecular flexibility index (Phi) is 6.07. The smallest absolute Gasteiger partial charge is 0.259 e. The van der Waals surface area contributed by atoms with E-state index in [2.05, 4.69) is 5.32 Å². The monoisotopic (exact) mass is 451 g/mol. The zero-order valence-corrected chi connectivity index (χ0v) is 18.7. The second-order valence-electron chi connectivity index (χ2n) is 9.02. The van der Waals surface area contributed by atoms with Crippen molar-refractivity contribution >= 4 is 11.8 Å². The van der Waals surface area contributed by atoms with Gasteiger partial charge in [-0.3, -0.25) is 14.4 Å². The van der Waals surface area contributed by atoms with Crippen molar-refractivity contribution in [2.24, 2.45) is 0 Å². The molecule has 0 radical (unpaired) electrons. The van der Waals surface area contributed by atoms with Gasteiger partial charge in [0.2, 0.25) is 12.2 Å². The number of aromatic nitrogens is 1. The molecule has 5 rings (SSSR count). The quantitative estimate of drug-likeness (QED) is 0.754. The maximum Gasteiger partial charge on any atom is 0.259 e. The molecule has 1 aromatic carbocycles. The van der Waals surface area contributed by atoms with Crippen molar-refractivity contribution in [3.63, 3.8) is 0 Å². The molecule has 2 fully saturated rings. The largest absolute Gasteiger partial charge is 0.454 e. The fourth-order valence-electron chi connectivity index (χ4n) is 4.92. The molecular formula is C25H29N3O5. The van der Waals surface area contributed by atoms with Gasteiger partial charge in [-0.2, -0.15) is 0 Å². The van der Waals surface area contributed by atoms with E-state index in [4.69, 9.17) is 9.47 Å². The molecule has 3 aliphatic rings. The topological polar surface area (TPSA) is 89.9 Å². The van der Waals surface area contributed by atoms with Crippen LogP contribution < -0.4 is 20.2 Å². The molecule has 2 aromatic rings. The van der Waals surface area contributed by atoms with Crippen LogP contribution in [-0.2, 0) is 6.54 Å². The Balaban J connectivity index is 1.41. The zero-order valence-electron chi connectivity index (χ0n) is 18.7. The third-order valence-corrected chi connectivity index (χ3v) is 6.80. The lowest BCUT2D eigenvalue weighted by atomic mass is 9.95. The van der Waals surface area contributed by atoms with Gasteiger partial charge in [0.25, 0.3) is 11.8 Å². The van der Waals surface area contributed by atoms with Gasteiger partial charge in [0.1, 0.15) is 11.1 Å². The van der Waals surface area contributed by atoms with Crippen LogP contribution >= 0.6 is 0 Å². The first-order valence-corrected chi connectivity index (χ1v) is 11.8. The van der Waals surface area contributed by atoms with Gasteiger partial charge in [0, 0.05) is 38.1 Å². The normalized spacial score (nSPS) is 17.9. The average molecular weight is 452 g/mol. The Hall–Kier alpha value is -3.29. The Labute approximate surface area is 192 Å². The molecular weight excluding hydrogens is 422 g/mol. The zero-order chi connectivity index (χ0) is 22.8. The van der Waals surface area contributed by atoms with Crippen molar-refractivity contribution < 1.29 is 19.1 Å². The summed E-state index contributed by atoms with van der Waals surface area (Å²) in [6.07, 6.45) is 10.6. The number of nitrogens with one attached hydrogen (secondary N) is 1. The van der Waals surface area contributed by atoms with Gasteiger partial charge >= 0.3 is 0 Å². The predicted molar refractivity (Wildman–Crippen MR) is 122 cm³/mol. The fraction of sp³-hybridized carbons (Fsp3) is 0.480. The first-order chi connectivity index (χ1) is 16.1. The van der Waals surface area contributed by atoms with E-state index in [1.807, 2.05) is 16.7 Å². The number of amides is 2. The molecule has 8 nitrogen and oxygen atoms in total. The van der Waals surface area contributed by atoms with Gasteiger partial charge in [-0.15, -0.1) is 0 Å². The van der Waals surface area contributed by atoms with E-state index in [0.717, 1.165) is 44.1 Å². The second kappa shape index (κ2) is 9.29. The van der Waals surface area contributed by atoms with Crippen LogP contribution in [0.3, 0.4) is 0 Å². The summed E-state index contributed by atoms with van der Waals surface area (Å²) < 4.78 is 12.6. The van der Waals surface area contributed by atoms with Gasteiger partial charge in [0.05, 0.1) is 0 Å². The maximum absolute atomic E-state index is 13.3. The van der Waals surface area contributed by atoms with Crippen LogP contribution in [0.4, 0.5) is 0 Å². The highest BCUT2D eigenvalue weighted by Gasteiger charge is 2.27. The Bertz CT molecular complexity index is 1110. The molecule has 2 amide bonds. The lowest BCUT2D eigenvalue weighted by Crippen LogP contribution is -2.37. The van der Waals surface area contributed by atoms with E-state index < -0.39 is 11.3 Å². The molecule has 2 aliphatic heterocycles. The molecule has 0 spiro atoms. The van der Waals surface area contributed by atoms with Crippen LogP contribution in [0.2, 0.25) is 0 Å². The van der Waals surface area contributed by atoms with Gasteiger partial charge in [-0.1, -0.05) is 25.3 Å². The van der Waals surface area contributed by atoms with Crippen LogP contribution in [0.25, 0.3) is 0 Å². The first kappa shape index (κ1) is 21.6. The number of ether oxygens (including phenoxy) is 2. The molecule has 0 atom stereocenters. The van der Waals surface area contributed by atoms with E-state index in [9.17, 15) is 14.4 Å². The highest BCUT2D eigenvalue weighted by Crippen LogP contribution is 2.32. The van der Waals surface area contributed by atoms with Crippen LogP contribution in [0, 0.1) is 0 Å². The number of carbonyl (C=O) groups is 2. The van der Waals surface area contributed by atoms with E-state index in [0.29, 0.717) is 24.6 Å². The third-order valence-electron chi connectivity index (χ3n) is 6.80. The molecule has 3 heterocycles. The molecule has 1 saturated carbocycles. The second-order valence-corrected chi connectivity index (χ2v) is 9.02.